The van der Waals surface area contributed by atoms with E-state index < -0.39 is 0 Å². The number of H-pyrrole nitrogens is 1. The molecule has 17 heavy (non-hydrogen) atoms. The summed E-state index contributed by atoms with van der Waals surface area (Å²) in [7, 11) is 1.94. The highest BCUT2D eigenvalue weighted by atomic mass is 16.5. The smallest absolute Gasteiger partial charge is 0.231 e. The van der Waals surface area contributed by atoms with E-state index in [9.17, 15) is 0 Å². The molecule has 5 heteroatoms. The summed E-state index contributed by atoms with van der Waals surface area (Å²) >= 11 is 0. The summed E-state index contributed by atoms with van der Waals surface area (Å²) in [6.07, 6.45) is 2.81. The molecule has 0 fully saturated rings. The number of aromatic nitrogens is 3. The number of nitrogens with zero attached hydrogens (tertiary/aromatic N) is 2. The van der Waals surface area contributed by atoms with Crippen LogP contribution in [-0.4, -0.2) is 28.2 Å². The molecule has 0 aliphatic carbocycles. The number of hydrogen-bond donors (Lipinski definition) is 2. The summed E-state index contributed by atoms with van der Waals surface area (Å²) in [6.45, 7) is 4.24. The predicted octanol–water partition coefficient (Wildman–Crippen LogP) is 2.17. The van der Waals surface area contributed by atoms with E-state index in [4.69, 9.17) is 4.52 Å². The highest BCUT2D eigenvalue weighted by Crippen LogP contribution is 2.23. The standard InChI is InChI=1S/C12H18N4O/c1-4-9(8(2)13-3)12-15-11(16-17-12)10-6-5-7-14-10/h5-9,13-14H,4H2,1-3H3. The molecule has 2 aromatic rings. The zero-order valence-corrected chi connectivity index (χ0v) is 10.4. The molecule has 0 aliphatic heterocycles. The lowest BCUT2D eigenvalue weighted by atomic mass is 9.98. The van der Waals surface area contributed by atoms with Crippen LogP contribution >= 0.6 is 0 Å². The van der Waals surface area contributed by atoms with Crippen molar-refractivity contribution < 1.29 is 4.52 Å². The van der Waals surface area contributed by atoms with E-state index >= 15 is 0 Å². The van der Waals surface area contributed by atoms with Gasteiger partial charge in [-0.2, -0.15) is 4.98 Å². The monoisotopic (exact) mass is 234 g/mol. The molecular weight excluding hydrogens is 216 g/mol. The molecule has 0 aliphatic rings. The molecule has 2 N–H and O–H groups in total. The normalized spacial score (nSPS) is 14.8. The van der Waals surface area contributed by atoms with Crippen molar-refractivity contribution in [1.82, 2.24) is 20.4 Å². The summed E-state index contributed by atoms with van der Waals surface area (Å²) in [5.74, 6) is 1.56. The molecule has 0 spiro atoms. The minimum absolute atomic E-state index is 0.246. The van der Waals surface area contributed by atoms with Gasteiger partial charge in [0, 0.05) is 12.2 Å². The summed E-state index contributed by atoms with van der Waals surface area (Å²) in [4.78, 5) is 7.51. The maximum absolute atomic E-state index is 5.34. The summed E-state index contributed by atoms with van der Waals surface area (Å²) in [5.41, 5.74) is 0.881. The fourth-order valence-corrected chi connectivity index (χ4v) is 1.91. The molecule has 2 heterocycles. The van der Waals surface area contributed by atoms with Crippen molar-refractivity contribution in [2.24, 2.45) is 0 Å². The van der Waals surface area contributed by atoms with Crippen LogP contribution in [0.4, 0.5) is 0 Å². The third-order valence-corrected chi connectivity index (χ3v) is 3.10. The van der Waals surface area contributed by atoms with Gasteiger partial charge in [0.1, 0.15) is 0 Å². The van der Waals surface area contributed by atoms with Crippen molar-refractivity contribution in [1.29, 1.82) is 0 Å². The molecule has 0 radical (unpaired) electrons. The molecule has 2 rings (SSSR count). The Morgan fingerprint density at radius 1 is 1.53 bits per heavy atom. The molecule has 2 aromatic heterocycles. The third-order valence-electron chi connectivity index (χ3n) is 3.10. The number of nitrogens with one attached hydrogen (secondary N) is 2. The number of hydrogen-bond acceptors (Lipinski definition) is 4. The largest absolute Gasteiger partial charge is 0.359 e. The molecule has 2 unspecified atom stereocenters. The van der Waals surface area contributed by atoms with Gasteiger partial charge in [0.15, 0.2) is 0 Å². The first-order valence-corrected chi connectivity index (χ1v) is 5.90. The van der Waals surface area contributed by atoms with Crippen LogP contribution in [0.15, 0.2) is 22.9 Å². The van der Waals surface area contributed by atoms with Crippen molar-refractivity contribution in [2.45, 2.75) is 32.2 Å². The van der Waals surface area contributed by atoms with Gasteiger partial charge in [-0.3, -0.25) is 0 Å². The first-order valence-electron chi connectivity index (χ1n) is 5.90. The molecule has 0 aromatic carbocycles. The van der Waals surface area contributed by atoms with Crippen molar-refractivity contribution in [3.05, 3.63) is 24.2 Å². The summed E-state index contributed by atoms with van der Waals surface area (Å²) < 4.78 is 5.34. The number of aromatic amines is 1. The number of likely N-dealkylation sites (N-methyl/N-ethyl adjacent to an activating group) is 1. The van der Waals surface area contributed by atoms with Gasteiger partial charge >= 0.3 is 0 Å². The van der Waals surface area contributed by atoms with Crippen LogP contribution in [0.25, 0.3) is 11.5 Å². The van der Waals surface area contributed by atoms with Crippen LogP contribution in [0.5, 0.6) is 0 Å². The van der Waals surface area contributed by atoms with Crippen molar-refractivity contribution >= 4 is 0 Å². The van der Waals surface area contributed by atoms with E-state index in [2.05, 4.69) is 34.3 Å². The SMILES string of the molecule is CCC(c1nc(-c2ccc[nH]2)no1)C(C)NC. The van der Waals surface area contributed by atoms with E-state index in [0.717, 1.165) is 12.1 Å². The fourth-order valence-electron chi connectivity index (χ4n) is 1.91. The second-order valence-electron chi connectivity index (χ2n) is 4.13. The second kappa shape index (κ2) is 5.14. The zero-order chi connectivity index (χ0) is 12.3. The summed E-state index contributed by atoms with van der Waals surface area (Å²) in [5, 5.41) is 7.22. The Morgan fingerprint density at radius 2 is 2.35 bits per heavy atom. The first-order chi connectivity index (χ1) is 8.26. The van der Waals surface area contributed by atoms with Gasteiger partial charge in [-0.1, -0.05) is 12.1 Å². The van der Waals surface area contributed by atoms with Crippen LogP contribution < -0.4 is 5.32 Å². The lowest BCUT2D eigenvalue weighted by Gasteiger charge is -2.17. The Labute approximate surface area is 101 Å². The number of rotatable bonds is 5. The Bertz CT molecular complexity index is 449. The Balaban J connectivity index is 2.22. The van der Waals surface area contributed by atoms with E-state index in [0.29, 0.717) is 17.8 Å². The third kappa shape index (κ3) is 2.39. The molecule has 0 amide bonds. The van der Waals surface area contributed by atoms with Gasteiger partial charge in [-0.05, 0) is 32.5 Å². The second-order valence-corrected chi connectivity index (χ2v) is 4.13. The van der Waals surface area contributed by atoms with Gasteiger partial charge in [0.2, 0.25) is 11.7 Å². The Hall–Kier alpha value is -1.62. The van der Waals surface area contributed by atoms with Crippen LogP contribution in [0.1, 0.15) is 32.1 Å². The quantitative estimate of drug-likeness (QED) is 0.832. The average Bonchev–Trinajstić information content (AvgIpc) is 2.99. The van der Waals surface area contributed by atoms with Crippen LogP contribution in [0.3, 0.4) is 0 Å². The minimum Gasteiger partial charge on any atom is -0.359 e. The van der Waals surface area contributed by atoms with E-state index in [1.54, 1.807) is 0 Å². The van der Waals surface area contributed by atoms with Gasteiger partial charge in [0.25, 0.3) is 0 Å². The minimum atomic E-state index is 0.246. The van der Waals surface area contributed by atoms with Gasteiger partial charge in [-0.25, -0.2) is 0 Å². The van der Waals surface area contributed by atoms with Crippen molar-refractivity contribution in [2.75, 3.05) is 7.05 Å². The van der Waals surface area contributed by atoms with Crippen molar-refractivity contribution in [3.8, 4) is 11.5 Å². The zero-order valence-electron chi connectivity index (χ0n) is 10.4. The predicted molar refractivity (Wildman–Crippen MR) is 65.6 cm³/mol. The molecule has 0 bridgehead atoms. The molecule has 92 valence electrons. The van der Waals surface area contributed by atoms with Gasteiger partial charge in [-0.15, -0.1) is 0 Å². The average molecular weight is 234 g/mol. The Kier molecular flexibility index (Phi) is 3.58. The highest BCUT2D eigenvalue weighted by molar-refractivity contribution is 5.47. The van der Waals surface area contributed by atoms with E-state index in [-0.39, 0.29) is 5.92 Å². The van der Waals surface area contributed by atoms with Gasteiger partial charge in [0.05, 0.1) is 11.6 Å². The van der Waals surface area contributed by atoms with Crippen LogP contribution in [0.2, 0.25) is 0 Å². The van der Waals surface area contributed by atoms with E-state index in [1.807, 2.05) is 25.4 Å². The van der Waals surface area contributed by atoms with E-state index in [1.165, 1.54) is 0 Å². The lowest BCUT2D eigenvalue weighted by Crippen LogP contribution is -2.28. The maximum Gasteiger partial charge on any atom is 0.231 e. The molecule has 0 saturated heterocycles. The molecule has 5 nitrogen and oxygen atoms in total. The molecule has 0 saturated carbocycles. The fraction of sp³-hybridized carbons (Fsp3) is 0.500. The Morgan fingerprint density at radius 3 is 2.94 bits per heavy atom. The highest BCUT2D eigenvalue weighted by Gasteiger charge is 2.22. The summed E-state index contributed by atoms with van der Waals surface area (Å²) in [6, 6.07) is 4.16. The molecule has 2 atom stereocenters. The maximum atomic E-state index is 5.34. The van der Waals surface area contributed by atoms with Crippen LogP contribution in [0, 0.1) is 0 Å². The lowest BCUT2D eigenvalue weighted by molar-refractivity contribution is 0.322. The first kappa shape index (κ1) is 11.9. The topological polar surface area (TPSA) is 66.7 Å². The van der Waals surface area contributed by atoms with Crippen molar-refractivity contribution in [3.63, 3.8) is 0 Å². The van der Waals surface area contributed by atoms with Crippen LogP contribution in [-0.2, 0) is 0 Å². The van der Waals surface area contributed by atoms with Gasteiger partial charge < -0.3 is 14.8 Å². The molecular formula is C12H18N4O.